The van der Waals surface area contributed by atoms with E-state index in [1.54, 1.807) is 0 Å². The number of rotatable bonds is 7. The summed E-state index contributed by atoms with van der Waals surface area (Å²) in [6.45, 7) is 7.81. The van der Waals surface area contributed by atoms with Crippen LogP contribution >= 0.6 is 0 Å². The highest BCUT2D eigenvalue weighted by atomic mass is 16.1. The van der Waals surface area contributed by atoms with Crippen molar-refractivity contribution in [2.24, 2.45) is 0 Å². The average Bonchev–Trinajstić information content (AvgIpc) is 3.05. The van der Waals surface area contributed by atoms with Crippen LogP contribution in [0, 0.1) is 0 Å². The fourth-order valence-corrected chi connectivity index (χ4v) is 3.87. The van der Waals surface area contributed by atoms with Gasteiger partial charge in [-0.3, -0.25) is 9.69 Å². The molecule has 1 atom stereocenters. The lowest BCUT2D eigenvalue weighted by Crippen LogP contribution is -2.41. The summed E-state index contributed by atoms with van der Waals surface area (Å²) in [6.07, 6.45) is 4.60. The van der Waals surface area contributed by atoms with Gasteiger partial charge in [0.25, 0.3) is 0 Å². The monoisotopic (exact) mass is 324 g/mol. The number of fused-ring (bicyclic) bond motifs is 1. The third kappa shape index (κ3) is 3.46. The maximum Gasteiger partial charge on any atom is 0.209 e. The summed E-state index contributed by atoms with van der Waals surface area (Å²) in [5.74, 6) is 0.138. The number of benzene rings is 1. The van der Waals surface area contributed by atoms with E-state index in [4.69, 9.17) is 0 Å². The summed E-state index contributed by atoms with van der Waals surface area (Å²) in [5, 5.41) is 0. The van der Waals surface area contributed by atoms with Crippen molar-refractivity contribution in [1.29, 1.82) is 0 Å². The molecule has 128 valence electrons. The Kier molecular flexibility index (Phi) is 5.52. The second kappa shape index (κ2) is 7.80. The summed E-state index contributed by atoms with van der Waals surface area (Å²) in [4.78, 5) is 15.4. The van der Waals surface area contributed by atoms with Crippen LogP contribution in [0.1, 0.15) is 54.9 Å². The highest BCUT2D eigenvalue weighted by molar-refractivity contribution is 6.08. The molecule has 3 rings (SSSR count). The van der Waals surface area contributed by atoms with Gasteiger partial charge in [-0.05, 0) is 44.5 Å². The topological polar surface area (TPSA) is 25.2 Å². The summed E-state index contributed by atoms with van der Waals surface area (Å²) in [5.41, 5.74) is 2.93. The summed E-state index contributed by atoms with van der Waals surface area (Å²) < 4.78 is 2.24. The molecule has 0 bridgehead atoms. The number of hydrogen-bond acceptors (Lipinski definition) is 2. The first-order valence-corrected chi connectivity index (χ1v) is 9.26. The molecule has 0 saturated heterocycles. The molecule has 0 radical (unpaired) electrons. The second-order valence-electron chi connectivity index (χ2n) is 6.74. The minimum atomic E-state index is 0.138. The smallest absolute Gasteiger partial charge is 0.209 e. The molecule has 24 heavy (non-hydrogen) atoms. The molecule has 0 fully saturated rings. The quantitative estimate of drug-likeness (QED) is 0.715. The largest absolute Gasteiger partial charge is 0.342 e. The molecular weight excluding hydrogens is 296 g/mol. The molecule has 0 spiro atoms. The van der Waals surface area contributed by atoms with E-state index >= 15 is 0 Å². The highest BCUT2D eigenvalue weighted by Gasteiger charge is 2.26. The van der Waals surface area contributed by atoms with E-state index in [0.29, 0.717) is 6.04 Å². The molecule has 0 unspecified atom stereocenters. The third-order valence-corrected chi connectivity index (χ3v) is 5.01. The number of carbonyl (C=O) groups is 1. The Morgan fingerprint density at radius 1 is 1.08 bits per heavy atom. The maximum absolute atomic E-state index is 12.8. The SMILES string of the molecule is CCCN(CCC)[C@H]1CCn2c(ccc2C(=O)c2ccccc2)C1. The molecule has 1 aromatic carbocycles. The lowest BCUT2D eigenvalue weighted by molar-refractivity contribution is 0.102. The van der Waals surface area contributed by atoms with Gasteiger partial charge in [0.2, 0.25) is 5.78 Å². The molecular formula is C21H28N2O. The van der Waals surface area contributed by atoms with Crippen molar-refractivity contribution in [2.75, 3.05) is 13.1 Å². The molecule has 0 aliphatic carbocycles. The molecule has 3 nitrogen and oxygen atoms in total. The summed E-state index contributed by atoms with van der Waals surface area (Å²) in [6, 6.07) is 14.4. The van der Waals surface area contributed by atoms with E-state index < -0.39 is 0 Å². The Hall–Kier alpha value is -1.87. The van der Waals surface area contributed by atoms with Gasteiger partial charge in [-0.2, -0.15) is 0 Å². The molecule has 1 aliphatic rings. The summed E-state index contributed by atoms with van der Waals surface area (Å²) in [7, 11) is 0. The van der Waals surface area contributed by atoms with Crippen LogP contribution in [0.2, 0.25) is 0 Å². The maximum atomic E-state index is 12.8. The van der Waals surface area contributed by atoms with Crippen molar-refractivity contribution in [3.63, 3.8) is 0 Å². The van der Waals surface area contributed by atoms with E-state index in [9.17, 15) is 4.79 Å². The number of nitrogens with zero attached hydrogens (tertiary/aromatic N) is 2. The van der Waals surface area contributed by atoms with E-state index in [1.807, 2.05) is 36.4 Å². The number of ketones is 1. The summed E-state index contributed by atoms with van der Waals surface area (Å²) >= 11 is 0. The first-order chi connectivity index (χ1) is 11.7. The van der Waals surface area contributed by atoms with Crippen LogP contribution in [0.4, 0.5) is 0 Å². The molecule has 2 aromatic rings. The zero-order valence-corrected chi connectivity index (χ0v) is 14.9. The van der Waals surface area contributed by atoms with Crippen molar-refractivity contribution in [3.8, 4) is 0 Å². The molecule has 3 heteroatoms. The Balaban J connectivity index is 1.78. The lowest BCUT2D eigenvalue weighted by atomic mass is 10.0. The van der Waals surface area contributed by atoms with E-state index in [2.05, 4.69) is 29.4 Å². The van der Waals surface area contributed by atoms with Gasteiger partial charge in [0.15, 0.2) is 0 Å². The van der Waals surface area contributed by atoms with Gasteiger partial charge in [0.1, 0.15) is 0 Å². The highest BCUT2D eigenvalue weighted by Crippen LogP contribution is 2.24. The minimum absolute atomic E-state index is 0.138. The van der Waals surface area contributed by atoms with Crippen LogP contribution < -0.4 is 0 Å². The van der Waals surface area contributed by atoms with Crippen molar-refractivity contribution in [2.45, 2.75) is 52.1 Å². The Morgan fingerprint density at radius 2 is 1.79 bits per heavy atom. The van der Waals surface area contributed by atoms with Crippen LogP contribution in [0.15, 0.2) is 42.5 Å². The normalized spacial score (nSPS) is 17.0. The van der Waals surface area contributed by atoms with Crippen LogP contribution in [0.5, 0.6) is 0 Å². The van der Waals surface area contributed by atoms with Crippen LogP contribution in [-0.4, -0.2) is 34.4 Å². The van der Waals surface area contributed by atoms with Crippen molar-refractivity contribution in [3.05, 3.63) is 59.4 Å². The van der Waals surface area contributed by atoms with Crippen LogP contribution in [-0.2, 0) is 13.0 Å². The van der Waals surface area contributed by atoms with Gasteiger partial charge >= 0.3 is 0 Å². The fourth-order valence-electron chi connectivity index (χ4n) is 3.87. The first-order valence-electron chi connectivity index (χ1n) is 9.26. The minimum Gasteiger partial charge on any atom is -0.342 e. The van der Waals surface area contributed by atoms with Crippen molar-refractivity contribution in [1.82, 2.24) is 9.47 Å². The number of hydrogen-bond donors (Lipinski definition) is 0. The van der Waals surface area contributed by atoms with Gasteiger partial charge in [0, 0.05) is 30.3 Å². The molecule has 1 aromatic heterocycles. The number of aromatic nitrogens is 1. The Labute approximate surface area is 145 Å². The Morgan fingerprint density at radius 3 is 2.46 bits per heavy atom. The van der Waals surface area contributed by atoms with E-state index in [0.717, 1.165) is 30.6 Å². The number of carbonyl (C=O) groups excluding carboxylic acids is 1. The standard InChI is InChI=1S/C21H28N2O/c1-3-13-22(14-4-2)18-12-15-23-19(16-18)10-11-20(23)21(24)17-8-6-5-7-9-17/h5-11,18H,3-4,12-16H2,1-2H3/t18-/m0/s1. The van der Waals surface area contributed by atoms with Gasteiger partial charge in [-0.15, -0.1) is 0 Å². The van der Waals surface area contributed by atoms with Gasteiger partial charge < -0.3 is 4.57 Å². The van der Waals surface area contributed by atoms with Crippen molar-refractivity contribution >= 4 is 5.78 Å². The predicted molar refractivity (Wildman–Crippen MR) is 98.6 cm³/mol. The molecule has 0 N–H and O–H groups in total. The zero-order chi connectivity index (χ0) is 16.9. The van der Waals surface area contributed by atoms with Crippen LogP contribution in [0.3, 0.4) is 0 Å². The van der Waals surface area contributed by atoms with Gasteiger partial charge in [-0.25, -0.2) is 0 Å². The van der Waals surface area contributed by atoms with Crippen molar-refractivity contribution < 1.29 is 4.79 Å². The fraction of sp³-hybridized carbons (Fsp3) is 0.476. The predicted octanol–water partition coefficient (Wildman–Crippen LogP) is 4.16. The van der Waals surface area contributed by atoms with E-state index in [1.165, 1.54) is 31.6 Å². The lowest BCUT2D eigenvalue weighted by Gasteiger charge is -2.35. The van der Waals surface area contributed by atoms with Crippen LogP contribution in [0.25, 0.3) is 0 Å². The Bertz CT molecular complexity index is 668. The first kappa shape index (κ1) is 17.0. The molecule has 0 saturated carbocycles. The average molecular weight is 324 g/mol. The molecule has 1 aliphatic heterocycles. The van der Waals surface area contributed by atoms with Gasteiger partial charge in [-0.1, -0.05) is 44.2 Å². The third-order valence-electron chi connectivity index (χ3n) is 5.01. The van der Waals surface area contributed by atoms with E-state index in [-0.39, 0.29) is 5.78 Å². The van der Waals surface area contributed by atoms with Gasteiger partial charge in [0.05, 0.1) is 5.69 Å². The molecule has 2 heterocycles. The second-order valence-corrected chi connectivity index (χ2v) is 6.74. The zero-order valence-electron chi connectivity index (χ0n) is 14.9. The molecule has 0 amide bonds.